The highest BCUT2D eigenvalue weighted by molar-refractivity contribution is 7.91. The molecule has 1 aliphatic carbocycles. The van der Waals surface area contributed by atoms with Crippen molar-refractivity contribution in [3.8, 4) is 6.07 Å². The maximum absolute atomic E-state index is 12.9. The number of aryl methyl sites for hydroxylation is 1. The molecule has 2 aliphatic rings. The number of aldehydes is 1. The summed E-state index contributed by atoms with van der Waals surface area (Å²) in [4.78, 5) is 26.5. The number of hydrogen-bond acceptors (Lipinski definition) is 8. The molecule has 2 N–H and O–H groups in total. The molecule has 1 aromatic carbocycles. The molecule has 1 saturated heterocycles. The summed E-state index contributed by atoms with van der Waals surface area (Å²) in [6, 6.07) is 7.04. The SMILES string of the molecule is CN/C=C\c1c(C=O)c(Nc2ccc(C(=O)N3CCS(=O)(=O)CC3)c(C)c2)nn1C(C#N)C1CC1. The van der Waals surface area contributed by atoms with Crippen LogP contribution in [0.15, 0.2) is 24.4 Å². The first-order chi connectivity index (χ1) is 16.8. The van der Waals surface area contributed by atoms with Gasteiger partial charge in [0.05, 0.1) is 28.8 Å². The number of nitrogens with zero attached hydrogens (tertiary/aromatic N) is 4. The minimum Gasteiger partial charge on any atom is -0.394 e. The van der Waals surface area contributed by atoms with Crippen LogP contribution in [-0.2, 0) is 9.84 Å². The first kappa shape index (κ1) is 24.5. The van der Waals surface area contributed by atoms with Crippen molar-refractivity contribution in [3.63, 3.8) is 0 Å². The maximum atomic E-state index is 12.9. The summed E-state index contributed by atoms with van der Waals surface area (Å²) in [5, 5.41) is 20.4. The van der Waals surface area contributed by atoms with E-state index in [0.29, 0.717) is 33.9 Å². The van der Waals surface area contributed by atoms with E-state index in [0.717, 1.165) is 19.1 Å². The molecule has 2 fully saturated rings. The molecular weight excluding hydrogens is 468 g/mol. The van der Waals surface area contributed by atoms with E-state index in [-0.39, 0.29) is 36.4 Å². The van der Waals surface area contributed by atoms with Gasteiger partial charge >= 0.3 is 0 Å². The first-order valence-corrected chi connectivity index (χ1v) is 13.3. The Morgan fingerprint density at radius 2 is 2.00 bits per heavy atom. The first-order valence-electron chi connectivity index (χ1n) is 11.5. The molecule has 11 heteroatoms. The Bertz CT molecular complexity index is 1310. The predicted octanol–water partition coefficient (Wildman–Crippen LogP) is 2.28. The van der Waals surface area contributed by atoms with Crippen LogP contribution in [0, 0.1) is 24.2 Å². The van der Waals surface area contributed by atoms with Gasteiger partial charge in [0, 0.05) is 31.4 Å². The van der Waals surface area contributed by atoms with Crippen molar-refractivity contribution >= 4 is 39.6 Å². The Labute approximate surface area is 204 Å². The lowest BCUT2D eigenvalue weighted by molar-refractivity contribution is 0.0769. The van der Waals surface area contributed by atoms with Gasteiger partial charge in [0.2, 0.25) is 0 Å². The van der Waals surface area contributed by atoms with E-state index in [9.17, 15) is 23.3 Å². The molecule has 35 heavy (non-hydrogen) atoms. The summed E-state index contributed by atoms with van der Waals surface area (Å²) in [6.07, 6.45) is 6.02. The number of aromatic nitrogens is 2. The summed E-state index contributed by atoms with van der Waals surface area (Å²) in [6.45, 7) is 2.17. The van der Waals surface area contributed by atoms with E-state index in [4.69, 9.17) is 0 Å². The molecular formula is C24H28N6O4S. The van der Waals surface area contributed by atoms with Crippen molar-refractivity contribution in [2.24, 2.45) is 5.92 Å². The van der Waals surface area contributed by atoms with Crippen LogP contribution in [0.3, 0.4) is 0 Å². The number of carbonyl (C=O) groups excluding carboxylic acids is 2. The smallest absolute Gasteiger partial charge is 0.254 e. The quantitative estimate of drug-likeness (QED) is 0.531. The van der Waals surface area contributed by atoms with Gasteiger partial charge in [-0.1, -0.05) is 0 Å². The highest BCUT2D eigenvalue weighted by atomic mass is 32.2. The fraction of sp³-hybridized carbons (Fsp3) is 0.417. The van der Waals surface area contributed by atoms with Gasteiger partial charge in [-0.25, -0.2) is 13.1 Å². The lowest BCUT2D eigenvalue weighted by atomic mass is 10.1. The summed E-state index contributed by atoms with van der Waals surface area (Å²) >= 11 is 0. The average Bonchev–Trinajstić information content (AvgIpc) is 3.60. The lowest BCUT2D eigenvalue weighted by Gasteiger charge is -2.27. The fourth-order valence-electron chi connectivity index (χ4n) is 4.18. The summed E-state index contributed by atoms with van der Waals surface area (Å²) in [5.74, 6) is 0.289. The van der Waals surface area contributed by atoms with Crippen LogP contribution in [0.25, 0.3) is 6.08 Å². The number of rotatable bonds is 8. The molecule has 0 radical (unpaired) electrons. The largest absolute Gasteiger partial charge is 0.394 e. The number of carbonyl (C=O) groups is 2. The molecule has 1 unspecified atom stereocenters. The molecule has 4 rings (SSSR count). The minimum atomic E-state index is -3.08. The second-order valence-corrected chi connectivity index (χ2v) is 11.1. The Hall–Kier alpha value is -3.65. The Morgan fingerprint density at radius 3 is 2.57 bits per heavy atom. The molecule has 1 amide bonds. The van der Waals surface area contributed by atoms with Gasteiger partial charge in [-0.05, 0) is 61.7 Å². The zero-order chi connectivity index (χ0) is 25.2. The summed E-state index contributed by atoms with van der Waals surface area (Å²) in [7, 11) is -1.33. The molecule has 0 spiro atoms. The number of amides is 1. The second-order valence-electron chi connectivity index (χ2n) is 8.84. The molecule has 1 aromatic heterocycles. The molecule has 1 atom stereocenters. The predicted molar refractivity (Wildman–Crippen MR) is 132 cm³/mol. The number of nitrogens with one attached hydrogen (secondary N) is 2. The number of nitriles is 1. The van der Waals surface area contributed by atoms with Gasteiger partial charge in [-0.15, -0.1) is 0 Å². The number of anilines is 2. The molecule has 2 aromatic rings. The number of sulfone groups is 1. The zero-order valence-corrected chi connectivity index (χ0v) is 20.5. The highest BCUT2D eigenvalue weighted by Crippen LogP contribution is 2.41. The van der Waals surface area contributed by atoms with Gasteiger partial charge in [-0.2, -0.15) is 10.4 Å². The number of benzene rings is 1. The average molecular weight is 497 g/mol. The standard InChI is InChI=1S/C24H28N6O4S/c1-16-13-18(5-6-19(16)24(32)29-9-11-35(33,34)12-10-29)27-23-20(15-31)21(7-8-26-2)30(28-23)22(14-25)17-3-4-17/h5-8,13,15,17,22,26H,3-4,9-12H2,1-2H3,(H,27,28)/b8-7-. The molecule has 1 aliphatic heterocycles. The number of hydrogen-bond donors (Lipinski definition) is 2. The van der Waals surface area contributed by atoms with E-state index in [1.54, 1.807) is 54.0 Å². The minimum absolute atomic E-state index is 0.0244. The van der Waals surface area contributed by atoms with Crippen molar-refractivity contribution in [2.45, 2.75) is 25.8 Å². The lowest BCUT2D eigenvalue weighted by Crippen LogP contribution is -2.43. The van der Waals surface area contributed by atoms with E-state index in [1.165, 1.54) is 0 Å². The van der Waals surface area contributed by atoms with Crippen LogP contribution in [-0.4, -0.2) is 66.9 Å². The van der Waals surface area contributed by atoms with Crippen LogP contribution >= 0.6 is 0 Å². The maximum Gasteiger partial charge on any atom is 0.254 e. The Morgan fingerprint density at radius 1 is 1.29 bits per heavy atom. The zero-order valence-electron chi connectivity index (χ0n) is 19.7. The Balaban J connectivity index is 1.60. The molecule has 0 bridgehead atoms. The monoisotopic (exact) mass is 496 g/mol. The Kier molecular flexibility index (Phi) is 6.93. The third-order valence-corrected chi connectivity index (χ3v) is 7.94. The van der Waals surface area contributed by atoms with Gasteiger partial charge in [0.1, 0.15) is 6.04 Å². The van der Waals surface area contributed by atoms with Crippen molar-refractivity contribution in [2.75, 3.05) is 37.0 Å². The van der Waals surface area contributed by atoms with Crippen LogP contribution in [0.1, 0.15) is 50.9 Å². The van der Waals surface area contributed by atoms with Crippen molar-refractivity contribution in [1.29, 1.82) is 5.26 Å². The molecule has 10 nitrogen and oxygen atoms in total. The van der Waals surface area contributed by atoms with Crippen LogP contribution in [0.5, 0.6) is 0 Å². The third kappa shape index (κ3) is 5.22. The molecule has 1 saturated carbocycles. The second kappa shape index (κ2) is 9.92. The van der Waals surface area contributed by atoms with Gasteiger partial charge in [0.15, 0.2) is 21.9 Å². The third-order valence-electron chi connectivity index (χ3n) is 6.33. The molecule has 2 heterocycles. The van der Waals surface area contributed by atoms with Gasteiger partial charge < -0.3 is 15.5 Å². The van der Waals surface area contributed by atoms with Crippen molar-refractivity contribution in [1.82, 2.24) is 20.0 Å². The van der Waals surface area contributed by atoms with Crippen molar-refractivity contribution in [3.05, 3.63) is 46.8 Å². The van der Waals surface area contributed by atoms with Crippen molar-refractivity contribution < 1.29 is 18.0 Å². The highest BCUT2D eigenvalue weighted by Gasteiger charge is 2.35. The van der Waals surface area contributed by atoms with E-state index >= 15 is 0 Å². The van der Waals surface area contributed by atoms with E-state index in [2.05, 4.69) is 21.8 Å². The van der Waals surface area contributed by atoms with Crippen LogP contribution < -0.4 is 10.6 Å². The van der Waals surface area contributed by atoms with Crippen LogP contribution in [0.4, 0.5) is 11.5 Å². The van der Waals surface area contributed by atoms with Crippen LogP contribution in [0.2, 0.25) is 0 Å². The molecule has 184 valence electrons. The van der Waals surface area contributed by atoms with Gasteiger partial charge in [0.25, 0.3) is 5.91 Å². The van der Waals surface area contributed by atoms with E-state index < -0.39 is 15.9 Å². The summed E-state index contributed by atoms with van der Waals surface area (Å²) < 4.78 is 25.0. The van der Waals surface area contributed by atoms with Gasteiger partial charge in [-0.3, -0.25) is 9.59 Å². The fourth-order valence-corrected chi connectivity index (χ4v) is 5.39. The summed E-state index contributed by atoms with van der Waals surface area (Å²) in [5.41, 5.74) is 2.72. The van der Waals surface area contributed by atoms with E-state index in [1.807, 2.05) is 0 Å². The topological polar surface area (TPSA) is 137 Å². The normalized spacial score (nSPS) is 18.1.